The second-order valence-electron chi connectivity index (χ2n) is 4.75. The molecule has 0 N–H and O–H groups in total. The summed E-state index contributed by atoms with van der Waals surface area (Å²) in [7, 11) is -6.76. The summed E-state index contributed by atoms with van der Waals surface area (Å²) in [5.41, 5.74) is 0. The molecular formula is C9H16O5S2. The van der Waals surface area contributed by atoms with Crippen LogP contribution in [0.25, 0.3) is 0 Å². The highest BCUT2D eigenvalue weighted by atomic mass is 32.2. The summed E-state index contributed by atoms with van der Waals surface area (Å²) in [5.74, 6) is 0. The molecule has 0 bridgehead atoms. The van der Waals surface area contributed by atoms with Gasteiger partial charge in [0.2, 0.25) is 0 Å². The van der Waals surface area contributed by atoms with Gasteiger partial charge in [-0.05, 0) is 25.7 Å². The fraction of sp³-hybridized carbons (Fsp3) is 1.00. The van der Waals surface area contributed by atoms with Crippen LogP contribution in [-0.4, -0.2) is 39.7 Å². The molecule has 0 heterocycles. The van der Waals surface area contributed by atoms with Gasteiger partial charge in [-0.2, -0.15) is 8.42 Å². The van der Waals surface area contributed by atoms with Crippen LogP contribution in [-0.2, 0) is 24.1 Å². The lowest BCUT2D eigenvalue weighted by molar-refractivity contribution is 0.308. The summed E-state index contributed by atoms with van der Waals surface area (Å²) in [6.45, 7) is -0.204. The van der Waals surface area contributed by atoms with Crippen molar-refractivity contribution in [1.29, 1.82) is 0 Å². The highest BCUT2D eigenvalue weighted by Crippen LogP contribution is 2.49. The molecule has 16 heavy (non-hydrogen) atoms. The van der Waals surface area contributed by atoms with Gasteiger partial charge in [-0.1, -0.05) is 6.42 Å². The Hall–Kier alpha value is -0.140. The van der Waals surface area contributed by atoms with Crippen LogP contribution in [0.1, 0.15) is 32.1 Å². The van der Waals surface area contributed by atoms with Gasteiger partial charge in [0, 0.05) is 0 Å². The van der Waals surface area contributed by atoms with Gasteiger partial charge in [-0.25, -0.2) is 8.42 Å². The van der Waals surface area contributed by atoms with Crippen LogP contribution in [0.5, 0.6) is 0 Å². The van der Waals surface area contributed by atoms with Crippen molar-refractivity contribution in [2.75, 3.05) is 12.9 Å². The molecule has 94 valence electrons. The Labute approximate surface area is 96.2 Å². The zero-order valence-electron chi connectivity index (χ0n) is 9.18. The molecule has 2 rings (SSSR count). The van der Waals surface area contributed by atoms with Crippen LogP contribution in [0, 0.1) is 0 Å². The Morgan fingerprint density at radius 3 is 2.06 bits per heavy atom. The van der Waals surface area contributed by atoms with Crippen molar-refractivity contribution >= 4 is 20.0 Å². The molecule has 0 atom stereocenters. The summed E-state index contributed by atoms with van der Waals surface area (Å²) in [6.07, 6.45) is 4.38. The molecule has 0 aromatic rings. The first-order chi connectivity index (χ1) is 7.27. The molecule has 5 nitrogen and oxygen atoms in total. The van der Waals surface area contributed by atoms with E-state index < -0.39 is 24.7 Å². The number of hydrogen-bond donors (Lipinski definition) is 0. The fourth-order valence-electron chi connectivity index (χ4n) is 1.90. The summed E-state index contributed by atoms with van der Waals surface area (Å²) in [4.78, 5) is 0. The van der Waals surface area contributed by atoms with Crippen molar-refractivity contribution in [3.63, 3.8) is 0 Å². The lowest BCUT2D eigenvalue weighted by atomic mass is 10.00. The van der Waals surface area contributed by atoms with Crippen molar-refractivity contribution < 1.29 is 21.0 Å². The molecule has 0 spiro atoms. The molecule has 2 saturated carbocycles. The molecule has 0 saturated heterocycles. The quantitative estimate of drug-likeness (QED) is 0.677. The molecule has 0 aromatic carbocycles. The van der Waals surface area contributed by atoms with Crippen molar-refractivity contribution in [2.45, 2.75) is 42.1 Å². The van der Waals surface area contributed by atoms with Crippen LogP contribution in [0.4, 0.5) is 0 Å². The van der Waals surface area contributed by atoms with E-state index in [1.165, 1.54) is 0 Å². The third-order valence-electron chi connectivity index (χ3n) is 3.44. The van der Waals surface area contributed by atoms with Crippen molar-refractivity contribution in [1.82, 2.24) is 0 Å². The van der Waals surface area contributed by atoms with Crippen LogP contribution < -0.4 is 0 Å². The molecule has 2 fully saturated rings. The van der Waals surface area contributed by atoms with Crippen LogP contribution in [0.2, 0.25) is 0 Å². The van der Waals surface area contributed by atoms with Crippen molar-refractivity contribution in [3.8, 4) is 0 Å². The highest BCUT2D eigenvalue weighted by Gasteiger charge is 2.58. The van der Waals surface area contributed by atoms with E-state index in [2.05, 4.69) is 4.18 Å². The molecule has 2 aliphatic carbocycles. The summed E-state index contributed by atoms with van der Waals surface area (Å²) in [5, 5.41) is -0.266. The minimum Gasteiger partial charge on any atom is -0.269 e. The zero-order chi connectivity index (χ0) is 12.0. The zero-order valence-corrected chi connectivity index (χ0v) is 10.8. The minimum atomic E-state index is -3.56. The molecule has 0 radical (unpaired) electrons. The van der Waals surface area contributed by atoms with E-state index in [0.717, 1.165) is 12.7 Å². The lowest BCUT2D eigenvalue weighted by Gasteiger charge is -2.29. The average molecular weight is 268 g/mol. The van der Waals surface area contributed by atoms with Gasteiger partial charge in [0.25, 0.3) is 10.1 Å². The van der Waals surface area contributed by atoms with Gasteiger partial charge in [0.05, 0.1) is 22.9 Å². The normalized spacial score (nSPS) is 25.1. The second kappa shape index (κ2) is 3.68. The van der Waals surface area contributed by atoms with Gasteiger partial charge < -0.3 is 0 Å². The van der Waals surface area contributed by atoms with Gasteiger partial charge >= 0.3 is 0 Å². The highest BCUT2D eigenvalue weighted by molar-refractivity contribution is 7.93. The maximum atomic E-state index is 12.1. The first-order valence-corrected chi connectivity index (χ1v) is 8.71. The molecule has 0 amide bonds. The first kappa shape index (κ1) is 12.3. The maximum absolute atomic E-state index is 12.1. The Morgan fingerprint density at radius 2 is 1.75 bits per heavy atom. The predicted octanol–water partition coefficient (Wildman–Crippen LogP) is 0.462. The fourth-order valence-corrected chi connectivity index (χ4v) is 4.97. The van der Waals surface area contributed by atoms with Crippen molar-refractivity contribution in [3.05, 3.63) is 0 Å². The summed E-state index contributed by atoms with van der Waals surface area (Å²) >= 11 is 0. The maximum Gasteiger partial charge on any atom is 0.264 e. The second-order valence-corrected chi connectivity index (χ2v) is 9.01. The first-order valence-electron chi connectivity index (χ1n) is 5.35. The molecule has 2 aliphatic rings. The van der Waals surface area contributed by atoms with E-state index in [1.54, 1.807) is 0 Å². The van der Waals surface area contributed by atoms with E-state index >= 15 is 0 Å². The molecule has 0 aliphatic heterocycles. The van der Waals surface area contributed by atoms with E-state index in [1.807, 2.05) is 0 Å². The van der Waals surface area contributed by atoms with Crippen LogP contribution >= 0.6 is 0 Å². The largest absolute Gasteiger partial charge is 0.269 e. The van der Waals surface area contributed by atoms with Gasteiger partial charge in [0.1, 0.15) is 0 Å². The monoisotopic (exact) mass is 268 g/mol. The molecule has 7 heteroatoms. The average Bonchev–Trinajstić information content (AvgIpc) is 2.74. The lowest BCUT2D eigenvalue weighted by Crippen LogP contribution is -2.41. The van der Waals surface area contributed by atoms with E-state index in [9.17, 15) is 16.8 Å². The number of sulfone groups is 1. The predicted molar refractivity (Wildman–Crippen MR) is 59.3 cm³/mol. The van der Waals surface area contributed by atoms with Crippen molar-refractivity contribution in [2.24, 2.45) is 0 Å². The molecular weight excluding hydrogens is 252 g/mol. The van der Waals surface area contributed by atoms with Gasteiger partial charge in [-0.3, -0.25) is 4.18 Å². The minimum absolute atomic E-state index is 0.204. The Kier molecular flexibility index (Phi) is 2.83. The summed E-state index contributed by atoms with van der Waals surface area (Å²) < 4.78 is 49.8. The third-order valence-corrected chi connectivity index (χ3v) is 7.07. The number of rotatable bonds is 5. The van der Waals surface area contributed by atoms with E-state index in [-0.39, 0.29) is 11.9 Å². The van der Waals surface area contributed by atoms with Gasteiger partial charge in [-0.15, -0.1) is 0 Å². The third kappa shape index (κ3) is 2.12. The van der Waals surface area contributed by atoms with E-state index in [0.29, 0.717) is 25.7 Å². The Morgan fingerprint density at radius 1 is 1.19 bits per heavy atom. The number of hydrogen-bond acceptors (Lipinski definition) is 5. The van der Waals surface area contributed by atoms with E-state index in [4.69, 9.17) is 0 Å². The SMILES string of the molecule is CS(=O)(=O)OCC1(S(=O)(=O)C2CCC2)CC1. The smallest absolute Gasteiger partial charge is 0.264 e. The molecule has 0 aromatic heterocycles. The Balaban J connectivity index is 2.08. The van der Waals surface area contributed by atoms with Gasteiger partial charge in [0.15, 0.2) is 9.84 Å². The molecule has 0 unspecified atom stereocenters. The van der Waals surface area contributed by atoms with Crippen LogP contribution in [0.3, 0.4) is 0 Å². The topological polar surface area (TPSA) is 77.5 Å². The van der Waals surface area contributed by atoms with Crippen LogP contribution in [0.15, 0.2) is 0 Å². The summed E-state index contributed by atoms with van der Waals surface area (Å²) in [6, 6.07) is 0. The Bertz CT molecular complexity index is 468. The standard InChI is InChI=1S/C9H16O5S2/c1-15(10,11)14-7-9(5-6-9)16(12,13)8-3-2-4-8/h8H,2-7H2,1H3.